The molecule has 0 saturated carbocycles. The molecule has 0 aliphatic rings. The van der Waals surface area contributed by atoms with Crippen molar-refractivity contribution in [2.45, 2.75) is 58.2 Å². The van der Waals surface area contributed by atoms with E-state index in [2.05, 4.69) is 64.8 Å². The molecule has 1 aromatic carbocycles. The molecule has 0 aliphatic carbocycles. The second-order valence-corrected chi connectivity index (χ2v) is 12.3. The van der Waals surface area contributed by atoms with Crippen molar-refractivity contribution in [2.24, 2.45) is 0 Å². The Balaban J connectivity index is 3.42. The molecule has 22 heavy (non-hydrogen) atoms. The fourth-order valence-corrected chi connectivity index (χ4v) is 8.70. The minimum atomic E-state index is -1.75. The van der Waals surface area contributed by atoms with E-state index in [-0.39, 0.29) is 0 Å². The summed E-state index contributed by atoms with van der Waals surface area (Å²) in [5.74, 6) is 8.41. The van der Waals surface area contributed by atoms with E-state index in [1.807, 2.05) is 12.1 Å². The van der Waals surface area contributed by atoms with Crippen LogP contribution in [-0.2, 0) is 0 Å². The molecule has 0 N–H and O–H groups in total. The first-order chi connectivity index (χ1) is 10.3. The summed E-state index contributed by atoms with van der Waals surface area (Å²) in [7, 11) is -1.75. The van der Waals surface area contributed by atoms with Gasteiger partial charge in [0.05, 0.1) is 0 Å². The van der Waals surface area contributed by atoms with Gasteiger partial charge >= 0.3 is 137 Å². The summed E-state index contributed by atoms with van der Waals surface area (Å²) in [6.07, 6.45) is 12.8. The molecule has 112 valence electrons. The monoisotopic (exact) mass is 305 g/mol. The molecular formula is C21H25Si+. The first-order valence-electron chi connectivity index (χ1n) is 7.85. The second-order valence-electron chi connectivity index (χ2n) is 6.72. The molecule has 0 aliphatic heterocycles. The van der Waals surface area contributed by atoms with Gasteiger partial charge in [0.25, 0.3) is 0 Å². The standard InChI is InChI=1S/C21H25Si/c1-9-19-13-20(10-2)15-21(14-19)11-12-22(16(3)4,17(5)6)18(7)8/h1,13-18H,3-8H3/q+1. The molecule has 0 fully saturated rings. The molecule has 0 heterocycles. The number of terminal acetylenes is 1. The van der Waals surface area contributed by atoms with Crippen LogP contribution in [0.5, 0.6) is 0 Å². The van der Waals surface area contributed by atoms with Crippen molar-refractivity contribution < 1.29 is 0 Å². The molecule has 0 nitrogen and oxygen atoms in total. The van der Waals surface area contributed by atoms with E-state index >= 15 is 0 Å². The molecule has 0 bridgehead atoms. The first kappa shape index (κ1) is 18.4. The summed E-state index contributed by atoms with van der Waals surface area (Å²) in [6.45, 7) is 13.8. The summed E-state index contributed by atoms with van der Waals surface area (Å²) >= 11 is 0. The van der Waals surface area contributed by atoms with Crippen LogP contribution in [0.15, 0.2) is 18.2 Å². The van der Waals surface area contributed by atoms with Gasteiger partial charge in [-0.2, -0.15) is 0 Å². The van der Waals surface area contributed by atoms with Crippen molar-refractivity contribution in [3.8, 4) is 29.7 Å². The van der Waals surface area contributed by atoms with E-state index in [0.717, 1.165) is 11.1 Å². The zero-order chi connectivity index (χ0) is 16.9. The molecule has 0 aromatic heterocycles. The predicted octanol–water partition coefficient (Wildman–Crippen LogP) is 5.18. The average Bonchev–Trinajstić information content (AvgIpc) is 2.46. The van der Waals surface area contributed by atoms with Crippen molar-refractivity contribution in [3.05, 3.63) is 41.3 Å². The van der Waals surface area contributed by atoms with Crippen molar-refractivity contribution in [2.75, 3.05) is 0 Å². The van der Waals surface area contributed by atoms with Crippen molar-refractivity contribution in [1.82, 2.24) is 0 Å². The van der Waals surface area contributed by atoms with E-state index in [1.54, 1.807) is 6.07 Å². The fourth-order valence-electron chi connectivity index (χ4n) is 3.47. The summed E-state index contributed by atoms with van der Waals surface area (Å²) in [5, 5.41) is 0. The third-order valence-corrected chi connectivity index (χ3v) is 10.8. The van der Waals surface area contributed by atoms with Crippen molar-refractivity contribution in [1.29, 1.82) is 0 Å². The van der Waals surface area contributed by atoms with E-state index in [9.17, 15) is 0 Å². The van der Waals surface area contributed by atoms with Gasteiger partial charge in [-0.15, -0.1) is 0 Å². The molecule has 1 heteroatoms. The van der Waals surface area contributed by atoms with Crippen LogP contribution >= 0.6 is 0 Å². The fraction of sp³-hybridized carbons (Fsp3) is 0.429. The molecular weight excluding hydrogens is 280 g/mol. The maximum atomic E-state index is 7.31. The Morgan fingerprint density at radius 1 is 0.864 bits per heavy atom. The summed E-state index contributed by atoms with van der Waals surface area (Å²) in [4.78, 5) is 0. The molecule has 0 unspecified atom stereocenters. The number of hydrogen-bond acceptors (Lipinski definition) is 0. The van der Waals surface area contributed by atoms with Gasteiger partial charge in [0.2, 0.25) is 0 Å². The van der Waals surface area contributed by atoms with Crippen LogP contribution in [0.1, 0.15) is 58.2 Å². The Labute approximate surface area is 137 Å². The summed E-state index contributed by atoms with van der Waals surface area (Å²) < 4.78 is 0. The van der Waals surface area contributed by atoms with E-state index < -0.39 is 8.07 Å². The number of benzene rings is 1. The SMILES string of the molecule is [C+]#Cc1cc(C#C)cc(C#C[Si](C(C)C)(C(C)C)C(C)C)c1. The Kier molecular flexibility index (Phi) is 6.31. The van der Waals surface area contributed by atoms with Crippen LogP contribution in [0, 0.1) is 36.2 Å². The third kappa shape index (κ3) is 3.75. The predicted molar refractivity (Wildman–Crippen MR) is 98.5 cm³/mol. The first-order valence-corrected chi connectivity index (χ1v) is 10.1. The van der Waals surface area contributed by atoms with Gasteiger partial charge in [0.15, 0.2) is 0 Å². The van der Waals surface area contributed by atoms with Crippen LogP contribution in [0.4, 0.5) is 0 Å². The van der Waals surface area contributed by atoms with Gasteiger partial charge in [-0.1, -0.05) is 0 Å². The second kappa shape index (κ2) is 7.55. The van der Waals surface area contributed by atoms with Crippen LogP contribution < -0.4 is 0 Å². The third-order valence-electron chi connectivity index (χ3n) is 4.53. The normalized spacial score (nSPS) is 11.2. The zero-order valence-corrected chi connectivity index (χ0v) is 15.5. The van der Waals surface area contributed by atoms with Gasteiger partial charge in [-0.05, 0) is 0 Å². The van der Waals surface area contributed by atoms with Crippen LogP contribution in [0.2, 0.25) is 16.6 Å². The van der Waals surface area contributed by atoms with Gasteiger partial charge in [-0.25, -0.2) is 0 Å². The number of hydrogen-bond donors (Lipinski definition) is 0. The Hall–Kier alpha value is -1.66. The molecule has 0 amide bonds. The van der Waals surface area contributed by atoms with Gasteiger partial charge in [-0.3, -0.25) is 0 Å². The molecule has 0 radical (unpaired) electrons. The Morgan fingerprint density at radius 3 is 1.73 bits per heavy atom. The molecule has 1 rings (SSSR count). The molecule has 0 spiro atoms. The zero-order valence-electron chi connectivity index (χ0n) is 14.5. The average molecular weight is 306 g/mol. The topological polar surface area (TPSA) is 0 Å². The van der Waals surface area contributed by atoms with E-state index in [4.69, 9.17) is 12.8 Å². The van der Waals surface area contributed by atoms with Crippen LogP contribution in [0.3, 0.4) is 0 Å². The van der Waals surface area contributed by atoms with Crippen molar-refractivity contribution >= 4 is 8.07 Å². The van der Waals surface area contributed by atoms with Gasteiger partial charge < -0.3 is 0 Å². The molecule has 0 saturated heterocycles. The molecule has 1 aromatic rings. The maximum absolute atomic E-state index is 7.31. The molecule has 0 atom stereocenters. The van der Waals surface area contributed by atoms with Crippen LogP contribution in [0.25, 0.3) is 0 Å². The summed E-state index contributed by atoms with van der Waals surface area (Å²) in [5.41, 5.74) is 7.82. The minimum absolute atomic E-state index is 0.601. The quantitative estimate of drug-likeness (QED) is 0.410. The van der Waals surface area contributed by atoms with Crippen molar-refractivity contribution in [3.63, 3.8) is 0 Å². The van der Waals surface area contributed by atoms with Gasteiger partial charge in [0.1, 0.15) is 0 Å². The van der Waals surface area contributed by atoms with E-state index in [0.29, 0.717) is 22.2 Å². The van der Waals surface area contributed by atoms with Gasteiger partial charge in [0, 0.05) is 0 Å². The Bertz CT molecular complexity index is 613. The summed E-state index contributed by atoms with van der Waals surface area (Å²) in [6, 6.07) is 5.60. The number of rotatable bonds is 3. The van der Waals surface area contributed by atoms with E-state index in [1.165, 1.54) is 0 Å². The Morgan fingerprint density at radius 2 is 1.32 bits per heavy atom. The van der Waals surface area contributed by atoms with Crippen LogP contribution in [-0.4, -0.2) is 8.07 Å².